The second-order valence-electron chi connectivity index (χ2n) is 7.01. The molecule has 0 saturated carbocycles. The number of hydrogen-bond acceptors (Lipinski definition) is 4. The van der Waals surface area contributed by atoms with E-state index in [1.54, 1.807) is 26.4 Å². The van der Waals surface area contributed by atoms with Crippen LogP contribution in [0.1, 0.15) is 19.4 Å². The zero-order chi connectivity index (χ0) is 19.9. The van der Waals surface area contributed by atoms with Crippen LogP contribution < -0.4 is 14.8 Å². The van der Waals surface area contributed by atoms with Gasteiger partial charge in [0.15, 0.2) is 0 Å². The fourth-order valence-corrected chi connectivity index (χ4v) is 3.04. The highest BCUT2D eigenvalue weighted by Gasteiger charge is 2.20. The van der Waals surface area contributed by atoms with Gasteiger partial charge in [0.2, 0.25) is 0 Å². The Hall–Kier alpha value is -1.46. The van der Waals surface area contributed by atoms with Crippen LogP contribution >= 0.6 is 23.2 Å². The van der Waals surface area contributed by atoms with Gasteiger partial charge in [-0.3, -0.25) is 0 Å². The third-order valence-electron chi connectivity index (χ3n) is 4.29. The van der Waals surface area contributed by atoms with Crippen LogP contribution in [0, 0.1) is 0 Å². The van der Waals surface area contributed by atoms with Gasteiger partial charge in [-0.15, -0.1) is 0 Å². The summed E-state index contributed by atoms with van der Waals surface area (Å²) in [7, 11) is 3.34. The van der Waals surface area contributed by atoms with E-state index in [9.17, 15) is 0 Å². The first-order chi connectivity index (χ1) is 12.8. The minimum atomic E-state index is -0.116. The predicted molar refractivity (Wildman–Crippen MR) is 112 cm³/mol. The van der Waals surface area contributed by atoms with Crippen LogP contribution in [0.5, 0.6) is 11.5 Å². The maximum atomic E-state index is 6.16. The summed E-state index contributed by atoms with van der Waals surface area (Å²) in [6, 6.07) is 13.5. The minimum absolute atomic E-state index is 0.0981. The quantitative estimate of drug-likeness (QED) is 0.596. The van der Waals surface area contributed by atoms with Gasteiger partial charge in [-0.05, 0) is 50.1 Å². The van der Waals surface area contributed by atoms with Crippen molar-refractivity contribution in [3.63, 3.8) is 0 Å². The molecule has 2 aromatic rings. The highest BCUT2D eigenvalue weighted by Crippen LogP contribution is 2.31. The van der Waals surface area contributed by atoms with E-state index in [0.29, 0.717) is 28.9 Å². The van der Waals surface area contributed by atoms with Crippen LogP contribution in [-0.4, -0.2) is 39.0 Å². The number of benzene rings is 2. The Balaban J connectivity index is 1.86. The molecule has 2 rings (SSSR count). The molecule has 0 amide bonds. The molecule has 1 unspecified atom stereocenters. The van der Waals surface area contributed by atoms with Gasteiger partial charge in [0.1, 0.15) is 29.2 Å². The van der Waals surface area contributed by atoms with Crippen molar-refractivity contribution in [1.82, 2.24) is 5.32 Å². The molecule has 0 aliphatic rings. The van der Waals surface area contributed by atoms with E-state index >= 15 is 0 Å². The normalized spacial score (nSPS) is 12.7. The molecular formula is C21H27Cl2NO3. The Kier molecular flexibility index (Phi) is 8.24. The monoisotopic (exact) mass is 411 g/mol. The standard InChI is InChI=1S/C21H27Cl2NO3/c1-21(2,12-15-8-10-16(25-3)11-9-15)24-13-17(26-4)14-27-19-7-5-6-18(22)20(19)23/h5-11,17,24H,12-14H2,1-4H3. The van der Waals surface area contributed by atoms with Crippen molar-refractivity contribution in [3.05, 3.63) is 58.1 Å². The van der Waals surface area contributed by atoms with Gasteiger partial charge < -0.3 is 19.5 Å². The molecule has 2 aromatic carbocycles. The van der Waals surface area contributed by atoms with Gasteiger partial charge in [-0.25, -0.2) is 0 Å². The van der Waals surface area contributed by atoms with Crippen molar-refractivity contribution < 1.29 is 14.2 Å². The minimum Gasteiger partial charge on any atom is -0.497 e. The maximum Gasteiger partial charge on any atom is 0.139 e. The Morgan fingerprint density at radius 1 is 1.04 bits per heavy atom. The molecule has 0 aliphatic heterocycles. The number of ether oxygens (including phenoxy) is 3. The summed E-state index contributed by atoms with van der Waals surface area (Å²) in [4.78, 5) is 0. The summed E-state index contributed by atoms with van der Waals surface area (Å²) >= 11 is 12.2. The van der Waals surface area contributed by atoms with Crippen molar-refractivity contribution in [3.8, 4) is 11.5 Å². The summed E-state index contributed by atoms with van der Waals surface area (Å²) in [6.45, 7) is 5.36. The smallest absolute Gasteiger partial charge is 0.139 e. The fourth-order valence-electron chi connectivity index (χ4n) is 2.69. The molecule has 0 saturated heterocycles. The predicted octanol–water partition coefficient (Wildman–Crippen LogP) is 5.01. The number of rotatable bonds is 10. The molecule has 0 heterocycles. The van der Waals surface area contributed by atoms with Gasteiger partial charge in [0, 0.05) is 19.2 Å². The molecule has 1 N–H and O–H groups in total. The van der Waals surface area contributed by atoms with Crippen molar-refractivity contribution in [2.45, 2.75) is 31.9 Å². The summed E-state index contributed by atoms with van der Waals surface area (Å²) in [6.07, 6.45) is 0.768. The Bertz CT molecular complexity index is 720. The van der Waals surface area contributed by atoms with Crippen molar-refractivity contribution >= 4 is 23.2 Å². The zero-order valence-electron chi connectivity index (χ0n) is 16.2. The van der Waals surface area contributed by atoms with Crippen LogP contribution in [0.15, 0.2) is 42.5 Å². The molecule has 0 spiro atoms. The van der Waals surface area contributed by atoms with Crippen molar-refractivity contribution in [2.24, 2.45) is 0 Å². The summed E-state index contributed by atoms with van der Waals surface area (Å²) < 4.78 is 16.5. The molecule has 6 heteroatoms. The van der Waals surface area contributed by atoms with E-state index in [1.165, 1.54) is 5.56 Å². The van der Waals surface area contributed by atoms with Gasteiger partial charge in [-0.1, -0.05) is 41.4 Å². The average molecular weight is 412 g/mol. The maximum absolute atomic E-state index is 6.16. The second kappa shape index (κ2) is 10.2. The van der Waals surface area contributed by atoms with Crippen LogP contribution in [0.2, 0.25) is 10.0 Å². The van der Waals surface area contributed by atoms with E-state index in [2.05, 4.69) is 31.3 Å². The van der Waals surface area contributed by atoms with E-state index < -0.39 is 0 Å². The van der Waals surface area contributed by atoms with E-state index in [1.807, 2.05) is 18.2 Å². The van der Waals surface area contributed by atoms with Gasteiger partial charge in [-0.2, -0.15) is 0 Å². The lowest BCUT2D eigenvalue weighted by Gasteiger charge is -2.29. The number of methoxy groups -OCH3 is 2. The lowest BCUT2D eigenvalue weighted by Crippen LogP contribution is -2.46. The first-order valence-corrected chi connectivity index (χ1v) is 9.58. The third kappa shape index (κ3) is 6.89. The highest BCUT2D eigenvalue weighted by molar-refractivity contribution is 6.42. The molecule has 4 nitrogen and oxygen atoms in total. The largest absolute Gasteiger partial charge is 0.497 e. The van der Waals surface area contributed by atoms with Crippen LogP contribution in [-0.2, 0) is 11.2 Å². The molecule has 0 radical (unpaired) electrons. The first-order valence-electron chi connectivity index (χ1n) is 8.82. The molecule has 0 bridgehead atoms. The molecule has 0 aromatic heterocycles. The van der Waals surface area contributed by atoms with Crippen LogP contribution in [0.25, 0.3) is 0 Å². The lowest BCUT2D eigenvalue weighted by molar-refractivity contribution is 0.0529. The Morgan fingerprint density at radius 3 is 2.37 bits per heavy atom. The number of halogens is 2. The zero-order valence-corrected chi connectivity index (χ0v) is 17.7. The van der Waals surface area contributed by atoms with E-state index in [-0.39, 0.29) is 11.6 Å². The van der Waals surface area contributed by atoms with E-state index in [4.69, 9.17) is 37.4 Å². The summed E-state index contributed by atoms with van der Waals surface area (Å²) in [5, 5.41) is 4.45. The van der Waals surface area contributed by atoms with Gasteiger partial charge in [0.05, 0.1) is 12.1 Å². The molecule has 1 atom stereocenters. The van der Waals surface area contributed by atoms with Gasteiger partial charge in [0.25, 0.3) is 0 Å². The lowest BCUT2D eigenvalue weighted by atomic mass is 9.94. The molecule has 0 aliphatic carbocycles. The Labute approximate surface area is 171 Å². The van der Waals surface area contributed by atoms with E-state index in [0.717, 1.165) is 12.2 Å². The first kappa shape index (κ1) is 21.8. The fraction of sp³-hybridized carbons (Fsp3) is 0.429. The van der Waals surface area contributed by atoms with Crippen LogP contribution in [0.3, 0.4) is 0 Å². The molecule has 148 valence electrons. The third-order valence-corrected chi connectivity index (χ3v) is 5.09. The molecule has 0 fully saturated rings. The topological polar surface area (TPSA) is 39.7 Å². The van der Waals surface area contributed by atoms with Crippen molar-refractivity contribution in [1.29, 1.82) is 0 Å². The number of nitrogens with one attached hydrogen (secondary N) is 1. The number of hydrogen-bond donors (Lipinski definition) is 1. The van der Waals surface area contributed by atoms with Gasteiger partial charge >= 0.3 is 0 Å². The Morgan fingerprint density at radius 2 is 1.74 bits per heavy atom. The highest BCUT2D eigenvalue weighted by atomic mass is 35.5. The average Bonchev–Trinajstić information content (AvgIpc) is 2.65. The SMILES string of the molecule is COc1ccc(CC(C)(C)NCC(COc2cccc(Cl)c2Cl)OC)cc1. The van der Waals surface area contributed by atoms with Crippen molar-refractivity contribution in [2.75, 3.05) is 27.4 Å². The summed E-state index contributed by atoms with van der Waals surface area (Å²) in [5.41, 5.74) is 1.14. The molecule has 27 heavy (non-hydrogen) atoms. The summed E-state index contributed by atoms with van der Waals surface area (Å²) in [5.74, 6) is 1.42. The van der Waals surface area contributed by atoms with Crippen LogP contribution in [0.4, 0.5) is 0 Å². The second-order valence-corrected chi connectivity index (χ2v) is 7.80. The molecular weight excluding hydrogens is 385 g/mol.